The highest BCUT2D eigenvalue weighted by molar-refractivity contribution is 5.61. The first-order valence-electron chi connectivity index (χ1n) is 4.58. The van der Waals surface area contributed by atoms with Gasteiger partial charge in [0.2, 0.25) is 0 Å². The van der Waals surface area contributed by atoms with Gasteiger partial charge in [0.15, 0.2) is 0 Å². The Morgan fingerprint density at radius 3 is 2.85 bits per heavy atom. The lowest BCUT2D eigenvalue weighted by Gasteiger charge is -2.36. The van der Waals surface area contributed by atoms with E-state index in [1.165, 1.54) is 6.42 Å². The highest BCUT2D eigenvalue weighted by atomic mass is 16.1. The van der Waals surface area contributed by atoms with Crippen molar-refractivity contribution in [2.24, 2.45) is 5.41 Å². The van der Waals surface area contributed by atoms with Crippen molar-refractivity contribution in [1.29, 1.82) is 0 Å². The van der Waals surface area contributed by atoms with Crippen LogP contribution in [0, 0.1) is 5.41 Å². The molecule has 13 heavy (non-hydrogen) atoms. The zero-order valence-corrected chi connectivity index (χ0v) is 7.44. The number of aromatic nitrogens is 2. The second kappa shape index (κ2) is 3.24. The Balaban J connectivity index is 2.09. The third kappa shape index (κ3) is 1.59. The van der Waals surface area contributed by atoms with Crippen molar-refractivity contribution in [2.45, 2.75) is 25.7 Å². The van der Waals surface area contributed by atoms with Gasteiger partial charge in [0.25, 0.3) is 0 Å². The average Bonchev–Trinajstić information content (AvgIpc) is 2.13. The maximum Gasteiger partial charge on any atom is 0.126 e. The number of carbonyl (C=O) groups is 1. The smallest absolute Gasteiger partial charge is 0.126 e. The molecule has 1 aromatic rings. The van der Waals surface area contributed by atoms with Crippen LogP contribution in [-0.4, -0.2) is 16.5 Å². The van der Waals surface area contributed by atoms with Crippen molar-refractivity contribution in [3.05, 3.63) is 24.0 Å². The fraction of sp³-hybridized carbons (Fsp3) is 0.500. The van der Waals surface area contributed by atoms with E-state index in [9.17, 15) is 4.79 Å². The largest absolute Gasteiger partial charge is 0.303 e. The summed E-state index contributed by atoms with van der Waals surface area (Å²) in [6.45, 7) is 0. The van der Waals surface area contributed by atoms with Crippen molar-refractivity contribution in [3.8, 4) is 0 Å². The van der Waals surface area contributed by atoms with Crippen LogP contribution in [0.4, 0.5) is 0 Å². The van der Waals surface area contributed by atoms with E-state index in [0.29, 0.717) is 0 Å². The lowest BCUT2D eigenvalue weighted by Crippen LogP contribution is -2.33. The number of carbonyl (C=O) groups excluding carboxylic acids is 1. The topological polar surface area (TPSA) is 42.9 Å². The van der Waals surface area contributed by atoms with Crippen molar-refractivity contribution in [1.82, 2.24) is 10.2 Å². The van der Waals surface area contributed by atoms with Crippen molar-refractivity contribution in [3.63, 3.8) is 0 Å². The van der Waals surface area contributed by atoms with Crippen LogP contribution >= 0.6 is 0 Å². The molecule has 0 radical (unpaired) electrons. The molecule has 1 aliphatic carbocycles. The van der Waals surface area contributed by atoms with Gasteiger partial charge in [-0.05, 0) is 25.0 Å². The Labute approximate surface area is 77.2 Å². The summed E-state index contributed by atoms with van der Waals surface area (Å²) in [4.78, 5) is 10.9. The van der Waals surface area contributed by atoms with E-state index in [0.717, 1.165) is 31.2 Å². The van der Waals surface area contributed by atoms with Crippen molar-refractivity contribution < 1.29 is 4.79 Å². The number of hydrogen-bond donors (Lipinski definition) is 0. The molecule has 68 valence electrons. The molecule has 1 aromatic heterocycles. The van der Waals surface area contributed by atoms with E-state index in [1.54, 1.807) is 6.20 Å². The van der Waals surface area contributed by atoms with Crippen LogP contribution < -0.4 is 0 Å². The lowest BCUT2D eigenvalue weighted by molar-refractivity contribution is -0.120. The molecule has 1 fully saturated rings. The third-order valence-corrected chi connectivity index (χ3v) is 2.76. The number of rotatable bonds is 3. The van der Waals surface area contributed by atoms with Crippen LogP contribution in [0.25, 0.3) is 0 Å². The summed E-state index contributed by atoms with van der Waals surface area (Å²) in [5, 5.41) is 7.78. The van der Waals surface area contributed by atoms with Gasteiger partial charge in [-0.1, -0.05) is 6.42 Å². The van der Waals surface area contributed by atoms with Crippen LogP contribution in [0.15, 0.2) is 18.3 Å². The summed E-state index contributed by atoms with van der Waals surface area (Å²) in [6, 6.07) is 3.79. The van der Waals surface area contributed by atoms with Crippen molar-refractivity contribution >= 4 is 6.29 Å². The third-order valence-electron chi connectivity index (χ3n) is 2.76. The molecule has 0 spiro atoms. The van der Waals surface area contributed by atoms with Gasteiger partial charge in [-0.3, -0.25) is 0 Å². The molecule has 1 saturated carbocycles. The molecule has 1 heterocycles. The molecular formula is C10H12N2O. The highest BCUT2D eigenvalue weighted by Gasteiger charge is 2.37. The molecule has 0 saturated heterocycles. The van der Waals surface area contributed by atoms with Crippen molar-refractivity contribution in [2.75, 3.05) is 0 Å². The Morgan fingerprint density at radius 1 is 1.54 bits per heavy atom. The molecule has 1 aliphatic rings. The molecule has 0 amide bonds. The Morgan fingerprint density at radius 2 is 2.38 bits per heavy atom. The minimum atomic E-state index is -0.115. The monoisotopic (exact) mass is 176 g/mol. The lowest BCUT2D eigenvalue weighted by atomic mass is 9.67. The molecule has 0 atom stereocenters. The van der Waals surface area contributed by atoms with Gasteiger partial charge in [0.05, 0.1) is 5.69 Å². The molecule has 0 aromatic carbocycles. The molecular weight excluding hydrogens is 164 g/mol. The predicted octanol–water partition coefficient (Wildman–Crippen LogP) is 1.39. The van der Waals surface area contributed by atoms with Crippen LogP contribution in [0.1, 0.15) is 25.0 Å². The van der Waals surface area contributed by atoms with Gasteiger partial charge in [-0.2, -0.15) is 10.2 Å². The second-order valence-electron chi connectivity index (χ2n) is 3.73. The summed E-state index contributed by atoms with van der Waals surface area (Å²) >= 11 is 0. The quantitative estimate of drug-likeness (QED) is 0.653. The summed E-state index contributed by atoms with van der Waals surface area (Å²) in [6.07, 6.45) is 6.67. The minimum Gasteiger partial charge on any atom is -0.303 e. The SMILES string of the molecule is O=CC1(Cc2cccnn2)CCC1. The Bertz CT molecular complexity index is 293. The highest BCUT2D eigenvalue weighted by Crippen LogP contribution is 2.41. The molecule has 0 unspecified atom stereocenters. The maximum atomic E-state index is 10.9. The summed E-state index contributed by atoms with van der Waals surface area (Å²) in [5.74, 6) is 0. The van der Waals surface area contributed by atoms with Crippen LogP contribution in [0.3, 0.4) is 0 Å². The van der Waals surface area contributed by atoms with Gasteiger partial charge < -0.3 is 4.79 Å². The van der Waals surface area contributed by atoms with Gasteiger partial charge in [0, 0.05) is 18.0 Å². The molecule has 0 N–H and O–H groups in total. The van der Waals surface area contributed by atoms with Gasteiger partial charge in [-0.25, -0.2) is 0 Å². The molecule has 3 nitrogen and oxygen atoms in total. The maximum absolute atomic E-state index is 10.9. The van der Waals surface area contributed by atoms with E-state index < -0.39 is 0 Å². The second-order valence-corrected chi connectivity index (χ2v) is 3.73. The average molecular weight is 176 g/mol. The van der Waals surface area contributed by atoms with Gasteiger partial charge in [0.1, 0.15) is 6.29 Å². The normalized spacial score (nSPS) is 19.1. The summed E-state index contributed by atoms with van der Waals surface area (Å²) in [7, 11) is 0. The first kappa shape index (κ1) is 8.35. The summed E-state index contributed by atoms with van der Waals surface area (Å²) < 4.78 is 0. The first-order chi connectivity index (χ1) is 6.35. The predicted molar refractivity (Wildman–Crippen MR) is 48.1 cm³/mol. The molecule has 3 heteroatoms. The Kier molecular flexibility index (Phi) is 2.08. The summed E-state index contributed by atoms with van der Waals surface area (Å²) in [5.41, 5.74) is 0.810. The van der Waals surface area contributed by atoms with Crippen LogP contribution in [-0.2, 0) is 11.2 Å². The van der Waals surface area contributed by atoms with E-state index in [-0.39, 0.29) is 5.41 Å². The van der Waals surface area contributed by atoms with E-state index in [1.807, 2.05) is 12.1 Å². The Hall–Kier alpha value is -1.25. The van der Waals surface area contributed by atoms with E-state index >= 15 is 0 Å². The van der Waals surface area contributed by atoms with Gasteiger partial charge >= 0.3 is 0 Å². The number of aldehydes is 1. The number of nitrogens with zero attached hydrogens (tertiary/aromatic N) is 2. The van der Waals surface area contributed by atoms with E-state index in [4.69, 9.17) is 0 Å². The van der Waals surface area contributed by atoms with Gasteiger partial charge in [-0.15, -0.1) is 0 Å². The minimum absolute atomic E-state index is 0.115. The van der Waals surface area contributed by atoms with E-state index in [2.05, 4.69) is 10.2 Å². The number of hydrogen-bond acceptors (Lipinski definition) is 3. The fourth-order valence-corrected chi connectivity index (χ4v) is 1.76. The molecule has 0 aliphatic heterocycles. The first-order valence-corrected chi connectivity index (χ1v) is 4.58. The van der Waals surface area contributed by atoms with Crippen LogP contribution in [0.5, 0.6) is 0 Å². The zero-order valence-electron chi connectivity index (χ0n) is 7.44. The standard InChI is InChI=1S/C10H12N2O/c13-8-10(4-2-5-10)7-9-3-1-6-11-12-9/h1,3,6,8H,2,4-5,7H2. The molecule has 2 rings (SSSR count). The molecule has 0 bridgehead atoms. The zero-order chi connectivity index (χ0) is 9.15. The van der Waals surface area contributed by atoms with Crippen LogP contribution in [0.2, 0.25) is 0 Å². The fourth-order valence-electron chi connectivity index (χ4n) is 1.76.